The van der Waals surface area contributed by atoms with Gasteiger partial charge in [-0.15, -0.1) is 10.2 Å². The van der Waals surface area contributed by atoms with Crippen LogP contribution in [0.4, 0.5) is 0 Å². The molecule has 3 rings (SSSR count). The molecule has 2 unspecified atom stereocenters. The Morgan fingerprint density at radius 2 is 2.17 bits per heavy atom. The number of nitrogens with zero attached hydrogens (tertiary/aromatic N) is 5. The van der Waals surface area contributed by atoms with Crippen LogP contribution in [0, 0.1) is 6.92 Å². The van der Waals surface area contributed by atoms with Gasteiger partial charge in [-0.1, -0.05) is 0 Å². The SMILES string of the molecule is Cc1nnc2[nH]nc(C3CCC(N)CN3C)c2n1. The van der Waals surface area contributed by atoms with E-state index >= 15 is 0 Å². The number of hydrogen-bond donors (Lipinski definition) is 2. The number of nitrogens with two attached hydrogens (primary N) is 1. The minimum atomic E-state index is 0.256. The summed E-state index contributed by atoms with van der Waals surface area (Å²) in [6.07, 6.45) is 2.02. The molecule has 7 heteroatoms. The lowest BCUT2D eigenvalue weighted by molar-refractivity contribution is 0.167. The van der Waals surface area contributed by atoms with Crippen LogP contribution < -0.4 is 5.73 Å². The van der Waals surface area contributed by atoms with Crippen molar-refractivity contribution in [3.8, 4) is 0 Å². The number of likely N-dealkylation sites (tertiary alicyclic amines) is 1. The maximum Gasteiger partial charge on any atom is 0.196 e. The number of H-pyrrole nitrogens is 1. The molecule has 2 atom stereocenters. The normalized spacial score (nSPS) is 25.7. The van der Waals surface area contributed by atoms with Gasteiger partial charge in [-0.3, -0.25) is 10.00 Å². The number of hydrogen-bond acceptors (Lipinski definition) is 6. The Hall–Kier alpha value is -1.60. The van der Waals surface area contributed by atoms with Crippen LogP contribution in [0.15, 0.2) is 0 Å². The minimum absolute atomic E-state index is 0.256. The van der Waals surface area contributed by atoms with E-state index in [2.05, 4.69) is 37.3 Å². The van der Waals surface area contributed by atoms with Gasteiger partial charge in [-0.05, 0) is 26.8 Å². The molecule has 0 aromatic carbocycles. The van der Waals surface area contributed by atoms with Gasteiger partial charge in [0.15, 0.2) is 5.65 Å². The number of likely N-dealkylation sites (N-methyl/N-ethyl adjacent to an activating group) is 1. The Bertz CT molecular complexity index is 564. The second-order valence-corrected chi connectivity index (χ2v) is 4.96. The van der Waals surface area contributed by atoms with Crippen molar-refractivity contribution in [1.82, 2.24) is 30.3 Å². The van der Waals surface area contributed by atoms with Gasteiger partial charge in [0.2, 0.25) is 0 Å². The van der Waals surface area contributed by atoms with E-state index in [-0.39, 0.29) is 12.1 Å². The highest BCUT2D eigenvalue weighted by Crippen LogP contribution is 2.30. The minimum Gasteiger partial charge on any atom is -0.327 e. The topological polar surface area (TPSA) is 96.6 Å². The molecule has 1 saturated heterocycles. The third-order valence-corrected chi connectivity index (χ3v) is 3.50. The van der Waals surface area contributed by atoms with Gasteiger partial charge in [0.05, 0.1) is 6.04 Å². The number of aromatic nitrogens is 5. The molecule has 7 nitrogen and oxygen atoms in total. The second kappa shape index (κ2) is 4.25. The molecule has 1 fully saturated rings. The molecule has 0 radical (unpaired) electrons. The van der Waals surface area contributed by atoms with Crippen LogP contribution in [0.1, 0.15) is 30.4 Å². The van der Waals surface area contributed by atoms with Crippen molar-refractivity contribution >= 4 is 11.2 Å². The molecule has 0 amide bonds. The van der Waals surface area contributed by atoms with Gasteiger partial charge in [-0.2, -0.15) is 5.10 Å². The van der Waals surface area contributed by atoms with Crippen molar-refractivity contribution in [3.63, 3.8) is 0 Å². The van der Waals surface area contributed by atoms with E-state index < -0.39 is 0 Å². The van der Waals surface area contributed by atoms with Crippen LogP contribution in [-0.2, 0) is 0 Å². The number of rotatable bonds is 1. The van der Waals surface area contributed by atoms with Crippen molar-refractivity contribution in [2.45, 2.75) is 31.8 Å². The Kier molecular flexibility index (Phi) is 2.71. The third-order valence-electron chi connectivity index (χ3n) is 3.50. The zero-order valence-electron chi connectivity index (χ0n) is 10.6. The number of piperidine rings is 1. The van der Waals surface area contributed by atoms with Crippen LogP contribution in [0.5, 0.6) is 0 Å². The number of nitrogens with one attached hydrogen (secondary N) is 1. The van der Waals surface area contributed by atoms with Gasteiger partial charge in [-0.25, -0.2) is 4.98 Å². The fourth-order valence-electron chi connectivity index (χ4n) is 2.59. The van der Waals surface area contributed by atoms with E-state index in [1.807, 2.05) is 6.92 Å². The summed E-state index contributed by atoms with van der Waals surface area (Å²) in [5.74, 6) is 0.667. The fraction of sp³-hybridized carbons (Fsp3) is 0.636. The average Bonchev–Trinajstić information content (AvgIpc) is 2.72. The van der Waals surface area contributed by atoms with Crippen LogP contribution in [0.2, 0.25) is 0 Å². The maximum absolute atomic E-state index is 5.97. The van der Waals surface area contributed by atoms with Crippen molar-refractivity contribution in [2.24, 2.45) is 5.73 Å². The first kappa shape index (κ1) is 11.5. The second-order valence-electron chi connectivity index (χ2n) is 4.96. The summed E-state index contributed by atoms with van der Waals surface area (Å²) >= 11 is 0. The molecule has 96 valence electrons. The Morgan fingerprint density at radius 1 is 1.33 bits per heavy atom. The molecule has 0 spiro atoms. The van der Waals surface area contributed by atoms with Gasteiger partial charge in [0.1, 0.15) is 17.0 Å². The summed E-state index contributed by atoms with van der Waals surface area (Å²) in [5, 5.41) is 15.3. The molecule has 1 aliphatic rings. The zero-order valence-corrected chi connectivity index (χ0v) is 10.6. The molecule has 3 N–H and O–H groups in total. The number of aryl methyl sites for hydroxylation is 1. The van der Waals surface area contributed by atoms with Crippen LogP contribution >= 0.6 is 0 Å². The smallest absolute Gasteiger partial charge is 0.196 e. The summed E-state index contributed by atoms with van der Waals surface area (Å²) in [6.45, 7) is 2.72. The van der Waals surface area contributed by atoms with E-state index in [0.29, 0.717) is 11.5 Å². The zero-order chi connectivity index (χ0) is 12.7. The summed E-state index contributed by atoms with van der Waals surface area (Å²) < 4.78 is 0. The molecule has 3 heterocycles. The maximum atomic E-state index is 5.97. The first-order chi connectivity index (χ1) is 8.65. The van der Waals surface area contributed by atoms with Crippen molar-refractivity contribution in [3.05, 3.63) is 11.5 Å². The highest BCUT2D eigenvalue weighted by atomic mass is 15.3. The first-order valence-corrected chi connectivity index (χ1v) is 6.16. The Balaban J connectivity index is 2.01. The number of fused-ring (bicyclic) bond motifs is 1. The van der Waals surface area contributed by atoms with E-state index in [9.17, 15) is 0 Å². The molecule has 0 bridgehead atoms. The Morgan fingerprint density at radius 3 is 2.94 bits per heavy atom. The van der Waals surface area contributed by atoms with Crippen molar-refractivity contribution < 1.29 is 0 Å². The van der Waals surface area contributed by atoms with Gasteiger partial charge in [0, 0.05) is 12.6 Å². The van der Waals surface area contributed by atoms with Gasteiger partial charge >= 0.3 is 0 Å². The lowest BCUT2D eigenvalue weighted by Gasteiger charge is -2.34. The largest absolute Gasteiger partial charge is 0.327 e. The average molecular weight is 247 g/mol. The van der Waals surface area contributed by atoms with Crippen LogP contribution in [0.3, 0.4) is 0 Å². The van der Waals surface area contributed by atoms with Crippen LogP contribution in [0.25, 0.3) is 11.2 Å². The first-order valence-electron chi connectivity index (χ1n) is 6.16. The Labute approximate surface area is 105 Å². The van der Waals surface area contributed by atoms with E-state index in [1.165, 1.54) is 0 Å². The van der Waals surface area contributed by atoms with E-state index in [4.69, 9.17) is 5.73 Å². The van der Waals surface area contributed by atoms with Crippen LogP contribution in [-0.4, -0.2) is 49.9 Å². The monoisotopic (exact) mass is 247 g/mol. The van der Waals surface area contributed by atoms with Crippen molar-refractivity contribution in [1.29, 1.82) is 0 Å². The quantitative estimate of drug-likeness (QED) is 0.744. The van der Waals surface area contributed by atoms with Crippen molar-refractivity contribution in [2.75, 3.05) is 13.6 Å². The summed E-state index contributed by atoms with van der Waals surface area (Å²) in [4.78, 5) is 6.68. The molecular formula is C11H17N7. The fourth-order valence-corrected chi connectivity index (χ4v) is 2.59. The van der Waals surface area contributed by atoms with Gasteiger partial charge in [0.25, 0.3) is 0 Å². The molecule has 2 aromatic heterocycles. The predicted octanol–water partition coefficient (Wildman–Crippen LogP) is 0.150. The summed E-state index contributed by atoms with van der Waals surface area (Å²) in [7, 11) is 2.08. The molecule has 0 saturated carbocycles. The number of aromatic amines is 1. The highest BCUT2D eigenvalue weighted by molar-refractivity contribution is 5.72. The molecule has 1 aliphatic heterocycles. The lowest BCUT2D eigenvalue weighted by atomic mass is 9.97. The van der Waals surface area contributed by atoms with Gasteiger partial charge < -0.3 is 5.73 Å². The third kappa shape index (κ3) is 1.85. The van der Waals surface area contributed by atoms with E-state index in [0.717, 1.165) is 30.6 Å². The molecule has 2 aromatic rings. The highest BCUT2D eigenvalue weighted by Gasteiger charge is 2.28. The molecule has 18 heavy (non-hydrogen) atoms. The lowest BCUT2D eigenvalue weighted by Crippen LogP contribution is -2.42. The standard InChI is InChI=1S/C11H17N7/c1-6-13-10-9(15-17-11(10)16-14-6)8-4-3-7(12)5-18(8)2/h7-8H,3-5,12H2,1-2H3,(H,15,16,17). The molecule has 0 aliphatic carbocycles. The summed E-state index contributed by atoms with van der Waals surface area (Å²) in [6, 6.07) is 0.514. The van der Waals surface area contributed by atoms with E-state index in [1.54, 1.807) is 0 Å². The summed E-state index contributed by atoms with van der Waals surface area (Å²) in [5.41, 5.74) is 8.41. The molecular weight excluding hydrogens is 230 g/mol. The predicted molar refractivity (Wildman–Crippen MR) is 66.8 cm³/mol.